The van der Waals surface area contributed by atoms with Gasteiger partial charge in [0.05, 0.1) is 24.9 Å². The van der Waals surface area contributed by atoms with E-state index in [0.717, 1.165) is 11.8 Å². The maximum absolute atomic E-state index is 10.7. The van der Waals surface area contributed by atoms with E-state index in [-0.39, 0.29) is 11.6 Å². The summed E-state index contributed by atoms with van der Waals surface area (Å²) in [6.07, 6.45) is 2.80. The van der Waals surface area contributed by atoms with Gasteiger partial charge in [0.25, 0.3) is 0 Å². The molecule has 1 aromatic carbocycles. The molecule has 6 nitrogen and oxygen atoms in total. The van der Waals surface area contributed by atoms with Crippen LogP contribution in [0.15, 0.2) is 36.7 Å². The Morgan fingerprint density at radius 2 is 2.05 bits per heavy atom. The van der Waals surface area contributed by atoms with E-state index in [9.17, 15) is 4.79 Å². The van der Waals surface area contributed by atoms with E-state index < -0.39 is 5.97 Å². The van der Waals surface area contributed by atoms with Gasteiger partial charge in [0.15, 0.2) is 5.69 Å². The molecule has 2 rings (SSSR count). The van der Waals surface area contributed by atoms with E-state index >= 15 is 0 Å². The van der Waals surface area contributed by atoms with Crippen molar-refractivity contribution in [3.05, 3.63) is 47.9 Å². The van der Waals surface area contributed by atoms with Crippen molar-refractivity contribution in [3.63, 3.8) is 0 Å². The third kappa shape index (κ3) is 3.26. The fourth-order valence-electron chi connectivity index (χ4n) is 1.39. The van der Waals surface area contributed by atoms with Gasteiger partial charge in [-0.2, -0.15) is 5.26 Å². The Bertz CT molecular complexity index is 632. The Morgan fingerprint density at radius 1 is 1.32 bits per heavy atom. The highest BCUT2D eigenvalue weighted by Crippen LogP contribution is 2.19. The van der Waals surface area contributed by atoms with Crippen LogP contribution >= 0.6 is 0 Å². The molecule has 0 atom stereocenters. The molecular weight excluding hydrogens is 246 g/mol. The first-order valence-corrected chi connectivity index (χ1v) is 5.38. The molecule has 1 heterocycles. The van der Waals surface area contributed by atoms with Crippen molar-refractivity contribution in [3.8, 4) is 17.7 Å². The average molecular weight is 255 g/mol. The first-order valence-electron chi connectivity index (χ1n) is 5.38. The third-order valence-electron chi connectivity index (χ3n) is 2.26. The average Bonchev–Trinajstić information content (AvgIpc) is 2.42. The molecule has 2 aromatic rings. The van der Waals surface area contributed by atoms with Gasteiger partial charge in [-0.3, -0.25) is 4.98 Å². The number of carbonyl (C=O) groups is 1. The maximum Gasteiger partial charge on any atom is 0.356 e. The molecule has 0 saturated carbocycles. The zero-order chi connectivity index (χ0) is 13.7. The van der Waals surface area contributed by atoms with Crippen LogP contribution in [0, 0.1) is 11.3 Å². The van der Waals surface area contributed by atoms with Crippen molar-refractivity contribution < 1.29 is 14.6 Å². The quantitative estimate of drug-likeness (QED) is 0.897. The maximum atomic E-state index is 10.7. The van der Waals surface area contributed by atoms with Gasteiger partial charge in [-0.05, 0) is 17.7 Å². The third-order valence-corrected chi connectivity index (χ3v) is 2.26. The Balaban J connectivity index is 2.14. The second-order valence-corrected chi connectivity index (χ2v) is 3.63. The van der Waals surface area contributed by atoms with Crippen LogP contribution in [0.2, 0.25) is 0 Å². The number of rotatable bonds is 4. The molecule has 1 N–H and O–H groups in total. The fraction of sp³-hybridized carbons (Fsp3) is 0.0769. The molecule has 0 spiro atoms. The highest BCUT2D eigenvalue weighted by molar-refractivity contribution is 5.84. The van der Waals surface area contributed by atoms with E-state index in [1.54, 1.807) is 24.3 Å². The van der Waals surface area contributed by atoms with Gasteiger partial charge in [-0.1, -0.05) is 12.1 Å². The predicted molar refractivity (Wildman–Crippen MR) is 64.8 cm³/mol. The molecule has 1 aromatic heterocycles. The Kier molecular flexibility index (Phi) is 3.69. The molecule has 0 bridgehead atoms. The lowest BCUT2D eigenvalue weighted by Crippen LogP contribution is -2.02. The van der Waals surface area contributed by atoms with Crippen LogP contribution in [0.5, 0.6) is 11.6 Å². The largest absolute Gasteiger partial charge is 0.476 e. The smallest absolute Gasteiger partial charge is 0.356 e. The van der Waals surface area contributed by atoms with Crippen LogP contribution in [0.1, 0.15) is 16.1 Å². The van der Waals surface area contributed by atoms with Crippen molar-refractivity contribution in [1.82, 2.24) is 9.97 Å². The van der Waals surface area contributed by atoms with Crippen molar-refractivity contribution >= 4 is 5.97 Å². The number of nitriles is 1. The van der Waals surface area contributed by atoms with Gasteiger partial charge in [-0.25, -0.2) is 9.78 Å². The molecule has 19 heavy (non-hydrogen) atoms. The van der Waals surface area contributed by atoms with Gasteiger partial charge in [0.1, 0.15) is 5.75 Å². The van der Waals surface area contributed by atoms with Crippen molar-refractivity contribution in [2.45, 2.75) is 6.42 Å². The topological polar surface area (TPSA) is 96.1 Å². The fourth-order valence-corrected chi connectivity index (χ4v) is 1.39. The summed E-state index contributed by atoms with van der Waals surface area (Å²) in [5.74, 6) is -0.561. The first-order chi connectivity index (χ1) is 9.19. The van der Waals surface area contributed by atoms with Crippen LogP contribution in [-0.4, -0.2) is 21.0 Å². The summed E-state index contributed by atoms with van der Waals surface area (Å²) < 4.78 is 5.38. The van der Waals surface area contributed by atoms with Gasteiger partial charge >= 0.3 is 5.97 Å². The number of nitrogens with zero attached hydrogens (tertiary/aromatic N) is 3. The van der Waals surface area contributed by atoms with Crippen LogP contribution in [0.25, 0.3) is 0 Å². The number of carboxylic acid groups (broad SMARTS) is 1. The molecule has 0 aliphatic heterocycles. The van der Waals surface area contributed by atoms with Crippen molar-refractivity contribution in [2.75, 3.05) is 0 Å². The number of hydrogen-bond donors (Lipinski definition) is 1. The summed E-state index contributed by atoms with van der Waals surface area (Å²) in [6, 6.07) is 8.92. The van der Waals surface area contributed by atoms with E-state index in [2.05, 4.69) is 9.97 Å². The van der Waals surface area contributed by atoms with E-state index in [1.165, 1.54) is 6.20 Å². The molecule has 0 unspecified atom stereocenters. The number of aromatic carboxylic acids is 1. The minimum absolute atomic E-state index is 0.105. The molecular formula is C13H9N3O3. The molecule has 0 aliphatic rings. The summed E-state index contributed by atoms with van der Waals surface area (Å²) in [4.78, 5) is 18.3. The lowest BCUT2D eigenvalue weighted by molar-refractivity contribution is 0.0689. The summed E-state index contributed by atoms with van der Waals surface area (Å²) in [7, 11) is 0. The zero-order valence-corrected chi connectivity index (χ0v) is 9.78. The zero-order valence-electron chi connectivity index (χ0n) is 9.78. The summed E-state index contributed by atoms with van der Waals surface area (Å²) >= 11 is 0. The summed E-state index contributed by atoms with van der Waals surface area (Å²) in [5.41, 5.74) is 0.693. The summed E-state index contributed by atoms with van der Waals surface area (Å²) in [6.45, 7) is 0. The van der Waals surface area contributed by atoms with Gasteiger partial charge in [0, 0.05) is 0 Å². The van der Waals surface area contributed by atoms with Gasteiger partial charge < -0.3 is 9.84 Å². The molecule has 0 aliphatic carbocycles. The monoisotopic (exact) mass is 255 g/mol. The number of benzene rings is 1. The Hall–Kier alpha value is -2.94. The Labute approximate surface area is 108 Å². The molecule has 0 amide bonds. The van der Waals surface area contributed by atoms with Crippen LogP contribution < -0.4 is 4.74 Å². The number of ether oxygens (including phenoxy) is 1. The number of aromatic nitrogens is 2. The highest BCUT2D eigenvalue weighted by atomic mass is 16.5. The number of hydrogen-bond acceptors (Lipinski definition) is 5. The van der Waals surface area contributed by atoms with E-state index in [0.29, 0.717) is 12.2 Å². The van der Waals surface area contributed by atoms with Crippen LogP contribution in [0.3, 0.4) is 0 Å². The molecule has 6 heteroatoms. The molecule has 0 saturated heterocycles. The lowest BCUT2D eigenvalue weighted by Gasteiger charge is -2.05. The van der Waals surface area contributed by atoms with Crippen LogP contribution in [0.4, 0.5) is 0 Å². The Morgan fingerprint density at radius 3 is 2.68 bits per heavy atom. The minimum Gasteiger partial charge on any atom is -0.476 e. The SMILES string of the molecule is N#CCc1ccc(Oc2cncc(C(=O)O)n2)cc1. The summed E-state index contributed by atoms with van der Waals surface area (Å²) in [5, 5.41) is 17.3. The standard InChI is InChI=1S/C13H9N3O3/c14-6-5-9-1-3-10(4-2-9)19-12-8-15-7-11(16-12)13(17)18/h1-4,7-8H,5H2,(H,17,18). The predicted octanol–water partition coefficient (Wildman–Crippen LogP) is 2.03. The molecule has 0 fully saturated rings. The van der Waals surface area contributed by atoms with E-state index in [1.807, 2.05) is 6.07 Å². The van der Waals surface area contributed by atoms with E-state index in [4.69, 9.17) is 15.1 Å². The van der Waals surface area contributed by atoms with Crippen molar-refractivity contribution in [1.29, 1.82) is 5.26 Å². The number of carboxylic acids is 1. The highest BCUT2D eigenvalue weighted by Gasteiger charge is 2.07. The normalized spacial score (nSPS) is 9.63. The first kappa shape index (κ1) is 12.5. The minimum atomic E-state index is -1.16. The molecule has 94 valence electrons. The second-order valence-electron chi connectivity index (χ2n) is 3.63. The van der Waals surface area contributed by atoms with Crippen molar-refractivity contribution in [2.24, 2.45) is 0 Å². The molecule has 0 radical (unpaired) electrons. The lowest BCUT2D eigenvalue weighted by atomic mass is 10.2. The second kappa shape index (κ2) is 5.60. The van der Waals surface area contributed by atoms with Crippen LogP contribution in [-0.2, 0) is 6.42 Å². The van der Waals surface area contributed by atoms with Gasteiger partial charge in [-0.15, -0.1) is 0 Å². The van der Waals surface area contributed by atoms with Gasteiger partial charge in [0.2, 0.25) is 5.88 Å².